The van der Waals surface area contributed by atoms with Crippen LogP contribution in [0, 0.1) is 0 Å². The fourth-order valence-electron chi connectivity index (χ4n) is 2.92. The number of nitrogens with one attached hydrogen (secondary N) is 1. The predicted octanol–water partition coefficient (Wildman–Crippen LogP) is 0.960. The summed E-state index contributed by atoms with van der Waals surface area (Å²) in [7, 11) is 2.07. The Balaban J connectivity index is 1.95. The summed E-state index contributed by atoms with van der Waals surface area (Å²) in [5.41, 5.74) is 4.13. The molecule has 4 nitrogen and oxygen atoms in total. The Hall–Kier alpha value is -0.870. The summed E-state index contributed by atoms with van der Waals surface area (Å²) in [6.45, 7) is 3.83. The molecule has 0 radical (unpaired) electrons. The number of fused-ring (bicyclic) bond motifs is 1. The van der Waals surface area contributed by atoms with Gasteiger partial charge in [0.1, 0.15) is 0 Å². The van der Waals surface area contributed by atoms with E-state index in [1.165, 1.54) is 29.8 Å². The van der Waals surface area contributed by atoms with Crippen molar-refractivity contribution in [3.63, 3.8) is 0 Å². The number of rotatable bonds is 1. The number of ether oxygens (including phenoxy) is 1. The normalized spacial score (nSPS) is 25.4. The van der Waals surface area contributed by atoms with Gasteiger partial charge in [-0.1, -0.05) is 0 Å². The molecule has 1 unspecified atom stereocenters. The van der Waals surface area contributed by atoms with Crippen molar-refractivity contribution in [3.05, 3.63) is 17.0 Å². The molecule has 0 amide bonds. The molecule has 2 aliphatic rings. The lowest BCUT2D eigenvalue weighted by molar-refractivity contribution is 0.0779. The van der Waals surface area contributed by atoms with Gasteiger partial charge >= 0.3 is 0 Å². The lowest BCUT2D eigenvalue weighted by atomic mass is 9.93. The van der Waals surface area contributed by atoms with Crippen LogP contribution in [0.5, 0.6) is 0 Å². The van der Waals surface area contributed by atoms with Gasteiger partial charge in [0, 0.05) is 50.3 Å². The molecule has 1 fully saturated rings. The van der Waals surface area contributed by atoms with Gasteiger partial charge < -0.3 is 10.1 Å². The molecule has 0 spiro atoms. The second kappa shape index (κ2) is 4.18. The minimum absolute atomic E-state index is 0.551. The van der Waals surface area contributed by atoms with Crippen molar-refractivity contribution in [2.24, 2.45) is 7.05 Å². The molecule has 0 bridgehead atoms. The van der Waals surface area contributed by atoms with Crippen LogP contribution in [0.25, 0.3) is 0 Å². The maximum atomic E-state index is 5.59. The molecule has 2 aliphatic heterocycles. The van der Waals surface area contributed by atoms with E-state index in [-0.39, 0.29) is 0 Å². The quantitative estimate of drug-likeness (QED) is 0.767. The van der Waals surface area contributed by atoms with Crippen LogP contribution < -0.4 is 5.32 Å². The second-order valence-corrected chi connectivity index (χ2v) is 4.77. The summed E-state index contributed by atoms with van der Waals surface area (Å²) in [5, 5.41) is 8.09. The molecular formula is C12H19N3O. The van der Waals surface area contributed by atoms with Gasteiger partial charge in [-0.25, -0.2) is 0 Å². The van der Waals surface area contributed by atoms with E-state index in [0.717, 1.165) is 32.7 Å². The topological polar surface area (TPSA) is 39.1 Å². The van der Waals surface area contributed by atoms with Crippen molar-refractivity contribution in [2.75, 3.05) is 19.8 Å². The Morgan fingerprint density at radius 2 is 2.44 bits per heavy atom. The highest BCUT2D eigenvalue weighted by molar-refractivity contribution is 5.31. The van der Waals surface area contributed by atoms with Gasteiger partial charge in [-0.05, 0) is 12.8 Å². The standard InChI is InChI=1S/C12H19N3O/c1-15-12(9-3-2-6-16-8-9)10-7-13-5-4-11(10)14-15/h9,13H,2-8H2,1H3. The zero-order valence-electron chi connectivity index (χ0n) is 9.83. The highest BCUT2D eigenvalue weighted by atomic mass is 16.5. The Morgan fingerprint density at radius 3 is 3.25 bits per heavy atom. The van der Waals surface area contributed by atoms with Crippen molar-refractivity contribution in [1.29, 1.82) is 0 Å². The first-order valence-electron chi connectivity index (χ1n) is 6.19. The molecule has 88 valence electrons. The van der Waals surface area contributed by atoms with Crippen LogP contribution in [0.15, 0.2) is 0 Å². The average molecular weight is 221 g/mol. The highest BCUT2D eigenvalue weighted by Crippen LogP contribution is 2.30. The SMILES string of the molecule is Cn1nc2c(c1C1CCCOC1)CNCC2. The third-order valence-electron chi connectivity index (χ3n) is 3.66. The molecule has 0 saturated carbocycles. The minimum Gasteiger partial charge on any atom is -0.381 e. The van der Waals surface area contributed by atoms with Crippen molar-refractivity contribution in [3.8, 4) is 0 Å². The maximum Gasteiger partial charge on any atom is 0.0685 e. The zero-order valence-corrected chi connectivity index (χ0v) is 9.83. The van der Waals surface area contributed by atoms with Crippen LogP contribution >= 0.6 is 0 Å². The van der Waals surface area contributed by atoms with Gasteiger partial charge in [0.2, 0.25) is 0 Å². The number of nitrogens with zero attached hydrogens (tertiary/aromatic N) is 2. The van der Waals surface area contributed by atoms with Gasteiger partial charge in [0.25, 0.3) is 0 Å². The van der Waals surface area contributed by atoms with Gasteiger partial charge in [0.15, 0.2) is 0 Å². The lowest BCUT2D eigenvalue weighted by Crippen LogP contribution is -2.25. The molecule has 1 saturated heterocycles. The van der Waals surface area contributed by atoms with Gasteiger partial charge in [-0.3, -0.25) is 4.68 Å². The zero-order chi connectivity index (χ0) is 11.0. The molecule has 16 heavy (non-hydrogen) atoms. The number of aromatic nitrogens is 2. The first-order chi connectivity index (χ1) is 7.86. The number of hydrogen-bond acceptors (Lipinski definition) is 3. The summed E-state index contributed by atoms with van der Waals surface area (Å²) in [5.74, 6) is 0.551. The Bertz CT molecular complexity index is 380. The van der Waals surface area contributed by atoms with E-state index in [1.54, 1.807) is 0 Å². The Labute approximate surface area is 96.0 Å². The fraction of sp³-hybridized carbons (Fsp3) is 0.750. The van der Waals surface area contributed by atoms with Crippen molar-refractivity contribution >= 4 is 0 Å². The summed E-state index contributed by atoms with van der Waals surface area (Å²) in [4.78, 5) is 0. The number of hydrogen-bond donors (Lipinski definition) is 1. The third-order valence-corrected chi connectivity index (χ3v) is 3.66. The molecule has 0 aromatic carbocycles. The average Bonchev–Trinajstić information content (AvgIpc) is 2.66. The van der Waals surface area contributed by atoms with Crippen LogP contribution in [-0.2, 0) is 24.8 Å². The molecule has 0 aliphatic carbocycles. The molecule has 1 aromatic heterocycles. The summed E-state index contributed by atoms with van der Waals surface area (Å²) in [6.07, 6.45) is 3.49. The molecule has 3 heterocycles. The number of aryl methyl sites for hydroxylation is 1. The van der Waals surface area contributed by atoms with E-state index in [1.807, 2.05) is 0 Å². The van der Waals surface area contributed by atoms with Crippen LogP contribution in [0.3, 0.4) is 0 Å². The van der Waals surface area contributed by atoms with E-state index in [0.29, 0.717) is 5.92 Å². The molecule has 1 atom stereocenters. The Morgan fingerprint density at radius 1 is 1.50 bits per heavy atom. The predicted molar refractivity (Wildman–Crippen MR) is 61.4 cm³/mol. The monoisotopic (exact) mass is 221 g/mol. The first kappa shape index (κ1) is 10.3. The maximum absolute atomic E-state index is 5.59. The van der Waals surface area contributed by atoms with Crippen LogP contribution in [0.4, 0.5) is 0 Å². The van der Waals surface area contributed by atoms with Crippen LogP contribution in [-0.4, -0.2) is 29.5 Å². The summed E-state index contributed by atoms with van der Waals surface area (Å²) < 4.78 is 7.67. The summed E-state index contributed by atoms with van der Waals surface area (Å²) in [6, 6.07) is 0. The van der Waals surface area contributed by atoms with Crippen molar-refractivity contribution in [1.82, 2.24) is 15.1 Å². The van der Waals surface area contributed by atoms with E-state index in [4.69, 9.17) is 4.74 Å². The molecule has 1 N–H and O–H groups in total. The van der Waals surface area contributed by atoms with Crippen LogP contribution in [0.1, 0.15) is 35.7 Å². The van der Waals surface area contributed by atoms with E-state index < -0.39 is 0 Å². The largest absolute Gasteiger partial charge is 0.381 e. The molecule has 1 aromatic rings. The van der Waals surface area contributed by atoms with E-state index in [9.17, 15) is 0 Å². The van der Waals surface area contributed by atoms with Crippen molar-refractivity contribution < 1.29 is 4.74 Å². The molecule has 3 rings (SSSR count). The smallest absolute Gasteiger partial charge is 0.0685 e. The first-order valence-corrected chi connectivity index (χ1v) is 6.19. The second-order valence-electron chi connectivity index (χ2n) is 4.77. The lowest BCUT2D eigenvalue weighted by Gasteiger charge is -2.24. The van der Waals surface area contributed by atoms with E-state index in [2.05, 4.69) is 22.1 Å². The Kier molecular flexibility index (Phi) is 2.69. The summed E-state index contributed by atoms with van der Waals surface area (Å²) >= 11 is 0. The minimum atomic E-state index is 0.551. The molecule has 4 heteroatoms. The molecular weight excluding hydrogens is 202 g/mol. The van der Waals surface area contributed by atoms with Gasteiger partial charge in [-0.2, -0.15) is 5.10 Å². The van der Waals surface area contributed by atoms with Gasteiger partial charge in [-0.15, -0.1) is 0 Å². The van der Waals surface area contributed by atoms with Crippen molar-refractivity contribution in [2.45, 2.75) is 31.7 Å². The fourth-order valence-corrected chi connectivity index (χ4v) is 2.92. The van der Waals surface area contributed by atoms with Gasteiger partial charge in [0.05, 0.1) is 12.3 Å². The highest BCUT2D eigenvalue weighted by Gasteiger charge is 2.26. The van der Waals surface area contributed by atoms with E-state index >= 15 is 0 Å². The van der Waals surface area contributed by atoms with Crippen LogP contribution in [0.2, 0.25) is 0 Å². The third kappa shape index (κ3) is 1.66.